The number of imidazole rings is 1. The highest BCUT2D eigenvalue weighted by Gasteiger charge is 2.32. The quantitative estimate of drug-likeness (QED) is 0.358. The molecule has 3 N–H and O–H groups in total. The summed E-state index contributed by atoms with van der Waals surface area (Å²) in [6, 6.07) is 11.7. The van der Waals surface area contributed by atoms with Crippen molar-refractivity contribution in [3.8, 4) is 0 Å². The predicted octanol–water partition coefficient (Wildman–Crippen LogP) is 2.78. The van der Waals surface area contributed by atoms with Crippen LogP contribution < -0.4 is 5.73 Å². The molecule has 0 radical (unpaired) electrons. The van der Waals surface area contributed by atoms with Crippen molar-refractivity contribution in [3.05, 3.63) is 72.1 Å². The average molecular weight is 426 g/mol. The fourth-order valence-electron chi connectivity index (χ4n) is 3.39. The molecule has 0 saturated carbocycles. The highest BCUT2D eigenvalue weighted by molar-refractivity contribution is 5.99. The monoisotopic (exact) mass is 426 g/mol. The molecule has 3 aromatic rings. The van der Waals surface area contributed by atoms with Crippen LogP contribution in [0.4, 0.5) is 8.78 Å². The number of hydrogen-bond donors (Lipinski definition) is 2. The van der Waals surface area contributed by atoms with Gasteiger partial charge < -0.3 is 15.4 Å². The minimum atomic E-state index is -2.85. The summed E-state index contributed by atoms with van der Waals surface area (Å²) < 4.78 is 33.3. The molecule has 2 aromatic heterocycles. The maximum absolute atomic E-state index is 13.4. The molecular weight excluding hydrogens is 406 g/mol. The maximum Gasteiger partial charge on any atom is 0.296 e. The smallest absolute Gasteiger partial charge is 0.296 e. The summed E-state index contributed by atoms with van der Waals surface area (Å²) in [5.41, 5.74) is 6.98. The van der Waals surface area contributed by atoms with Crippen LogP contribution in [0.15, 0.2) is 60.6 Å². The number of ether oxygens (including phenoxy) is 1. The van der Waals surface area contributed by atoms with Crippen LogP contribution in [-0.2, 0) is 4.74 Å². The van der Waals surface area contributed by atoms with Crippen molar-refractivity contribution in [1.82, 2.24) is 19.4 Å². The summed E-state index contributed by atoms with van der Waals surface area (Å²) in [4.78, 5) is 21.9. The van der Waals surface area contributed by atoms with Crippen LogP contribution in [0.2, 0.25) is 0 Å². The zero-order chi connectivity index (χ0) is 22.0. The number of alkyl halides is 2. The number of hydrogen-bond acceptors (Lipinski definition) is 6. The molecule has 0 aliphatic carbocycles. The first-order valence-electron chi connectivity index (χ1n) is 9.58. The second-order valence-electron chi connectivity index (χ2n) is 7.13. The summed E-state index contributed by atoms with van der Waals surface area (Å²) in [5.74, 6) is -0.939. The van der Waals surface area contributed by atoms with E-state index >= 15 is 0 Å². The summed E-state index contributed by atoms with van der Waals surface area (Å²) >= 11 is 0. The lowest BCUT2D eigenvalue weighted by Crippen LogP contribution is -2.51. The standard InChI is InChI=1S/C21H20F2N6O2/c22-19(23)20-27-14-5-1-2-7-16(14)29(20)17(24)9-18(25)31-12-13-10-28(11-13)21(30)15-6-3-4-8-26-15/h1-9,13,19,24H,10-12,25H2. The molecule has 31 heavy (non-hydrogen) atoms. The molecule has 1 saturated heterocycles. The van der Waals surface area contributed by atoms with Gasteiger partial charge in [-0.05, 0) is 24.3 Å². The van der Waals surface area contributed by atoms with Gasteiger partial charge in [0, 0.05) is 31.3 Å². The number of nitrogens with one attached hydrogen (secondary N) is 1. The van der Waals surface area contributed by atoms with Gasteiger partial charge in [-0.15, -0.1) is 0 Å². The van der Waals surface area contributed by atoms with Crippen molar-refractivity contribution in [2.75, 3.05) is 19.7 Å². The number of fused-ring (bicyclic) bond motifs is 1. The van der Waals surface area contributed by atoms with Crippen molar-refractivity contribution in [2.24, 2.45) is 11.7 Å². The van der Waals surface area contributed by atoms with Crippen molar-refractivity contribution in [3.63, 3.8) is 0 Å². The third-order valence-electron chi connectivity index (χ3n) is 4.92. The second-order valence-corrected chi connectivity index (χ2v) is 7.13. The number of rotatable bonds is 6. The average Bonchev–Trinajstić information content (AvgIpc) is 3.13. The second kappa shape index (κ2) is 8.50. The number of carbonyl (C=O) groups excluding carboxylic acids is 1. The van der Waals surface area contributed by atoms with Crippen LogP contribution in [0.5, 0.6) is 0 Å². The number of aromatic nitrogens is 3. The normalized spacial score (nSPS) is 14.7. The molecule has 10 heteroatoms. The summed E-state index contributed by atoms with van der Waals surface area (Å²) in [7, 11) is 0. The van der Waals surface area contributed by atoms with Gasteiger partial charge in [0.15, 0.2) is 11.7 Å². The van der Waals surface area contributed by atoms with Gasteiger partial charge in [-0.1, -0.05) is 18.2 Å². The van der Waals surface area contributed by atoms with E-state index in [1.807, 2.05) is 0 Å². The van der Waals surface area contributed by atoms with Crippen LogP contribution in [0.3, 0.4) is 0 Å². The Hall–Kier alpha value is -3.82. The largest absolute Gasteiger partial charge is 0.479 e. The number of nitrogens with two attached hydrogens (primary N) is 1. The zero-order valence-electron chi connectivity index (χ0n) is 16.4. The van der Waals surface area contributed by atoms with Gasteiger partial charge in [0.05, 0.1) is 17.6 Å². The third-order valence-corrected chi connectivity index (χ3v) is 4.92. The Morgan fingerprint density at radius 2 is 2.00 bits per heavy atom. The lowest BCUT2D eigenvalue weighted by Gasteiger charge is -2.38. The number of amides is 1. The van der Waals surface area contributed by atoms with E-state index in [1.54, 1.807) is 53.6 Å². The molecule has 1 amide bonds. The van der Waals surface area contributed by atoms with Gasteiger partial charge in [0.1, 0.15) is 11.5 Å². The van der Waals surface area contributed by atoms with E-state index in [4.69, 9.17) is 15.9 Å². The van der Waals surface area contributed by atoms with E-state index in [-0.39, 0.29) is 30.2 Å². The minimum Gasteiger partial charge on any atom is -0.479 e. The maximum atomic E-state index is 13.4. The Labute approximate surface area is 176 Å². The van der Waals surface area contributed by atoms with Crippen LogP contribution in [0.25, 0.3) is 11.0 Å². The van der Waals surface area contributed by atoms with E-state index in [0.29, 0.717) is 29.8 Å². The fraction of sp³-hybridized carbons (Fsp3) is 0.238. The molecule has 8 nitrogen and oxygen atoms in total. The molecule has 1 aliphatic rings. The Kier molecular flexibility index (Phi) is 5.61. The summed E-state index contributed by atoms with van der Waals surface area (Å²) in [5, 5.41) is 8.21. The summed E-state index contributed by atoms with van der Waals surface area (Å²) in [6.45, 7) is 1.25. The van der Waals surface area contributed by atoms with Gasteiger partial charge in [0.25, 0.3) is 12.3 Å². The lowest BCUT2D eigenvalue weighted by atomic mass is 10.0. The number of benzene rings is 1. The van der Waals surface area contributed by atoms with E-state index in [2.05, 4.69) is 9.97 Å². The molecule has 0 atom stereocenters. The molecular formula is C21H20F2N6O2. The van der Waals surface area contributed by atoms with Crippen molar-refractivity contribution < 1.29 is 18.3 Å². The predicted molar refractivity (Wildman–Crippen MR) is 110 cm³/mol. The van der Waals surface area contributed by atoms with E-state index in [9.17, 15) is 13.6 Å². The first-order valence-corrected chi connectivity index (χ1v) is 9.58. The molecule has 1 aliphatic heterocycles. The van der Waals surface area contributed by atoms with Crippen LogP contribution >= 0.6 is 0 Å². The number of para-hydroxylation sites is 2. The Bertz CT molecular complexity index is 1140. The van der Waals surface area contributed by atoms with E-state index in [0.717, 1.165) is 4.57 Å². The van der Waals surface area contributed by atoms with Gasteiger partial charge in [0.2, 0.25) is 0 Å². The topological polar surface area (TPSA) is 110 Å². The fourth-order valence-corrected chi connectivity index (χ4v) is 3.39. The first kappa shape index (κ1) is 20.5. The zero-order valence-corrected chi connectivity index (χ0v) is 16.4. The van der Waals surface area contributed by atoms with E-state index < -0.39 is 12.2 Å². The summed E-state index contributed by atoms with van der Waals surface area (Å²) in [6.07, 6.45) is -0.104. The number of nitrogens with zero attached hydrogens (tertiary/aromatic N) is 4. The van der Waals surface area contributed by atoms with E-state index in [1.165, 1.54) is 6.08 Å². The minimum absolute atomic E-state index is 0.0718. The van der Waals surface area contributed by atoms with Crippen molar-refractivity contribution in [2.45, 2.75) is 6.43 Å². The van der Waals surface area contributed by atoms with Gasteiger partial charge in [-0.2, -0.15) is 0 Å². The molecule has 4 rings (SSSR count). The van der Waals surface area contributed by atoms with Gasteiger partial charge >= 0.3 is 0 Å². The van der Waals surface area contributed by atoms with Crippen molar-refractivity contribution >= 4 is 22.8 Å². The number of likely N-dealkylation sites (tertiary alicyclic amines) is 1. The number of allylic oxidation sites excluding steroid dienone is 1. The SMILES string of the molecule is N=C(C=C(N)OCC1CN(C(=O)c2ccccn2)C1)n1c(C(F)F)nc2ccccc21. The number of pyridine rings is 1. The van der Waals surface area contributed by atoms with Crippen LogP contribution in [0.1, 0.15) is 22.7 Å². The van der Waals surface area contributed by atoms with Crippen molar-refractivity contribution in [1.29, 1.82) is 5.41 Å². The molecule has 0 spiro atoms. The molecule has 160 valence electrons. The molecule has 0 unspecified atom stereocenters. The molecule has 1 fully saturated rings. The first-order chi connectivity index (χ1) is 14.9. The van der Waals surface area contributed by atoms with Crippen LogP contribution in [-0.4, -0.2) is 50.9 Å². The third kappa shape index (κ3) is 4.23. The van der Waals surface area contributed by atoms with Gasteiger partial charge in [-0.3, -0.25) is 19.8 Å². The lowest BCUT2D eigenvalue weighted by molar-refractivity contribution is 0.0289. The Morgan fingerprint density at radius 1 is 1.26 bits per heavy atom. The molecule has 3 heterocycles. The highest BCUT2D eigenvalue weighted by Crippen LogP contribution is 2.24. The van der Waals surface area contributed by atoms with Crippen LogP contribution in [0, 0.1) is 11.3 Å². The molecule has 0 bridgehead atoms. The van der Waals surface area contributed by atoms with Gasteiger partial charge in [-0.25, -0.2) is 13.8 Å². The number of halogens is 2. The highest BCUT2D eigenvalue weighted by atomic mass is 19.3. The Balaban J connectivity index is 1.36. The Morgan fingerprint density at radius 3 is 2.71 bits per heavy atom. The number of carbonyl (C=O) groups is 1. The molecule has 1 aromatic carbocycles.